The fraction of sp³-hybridized carbons (Fsp3) is 0.611. The Hall–Kier alpha value is -1.51. The van der Waals surface area contributed by atoms with E-state index in [0.717, 1.165) is 18.4 Å². The first-order valence-electron chi connectivity index (χ1n) is 7.83. The van der Waals surface area contributed by atoms with Gasteiger partial charge in [-0.05, 0) is 55.2 Å². The summed E-state index contributed by atoms with van der Waals surface area (Å²) in [6, 6.07) is 5.39. The highest BCUT2D eigenvalue weighted by atomic mass is 16.5. The zero-order valence-corrected chi connectivity index (χ0v) is 13.4. The molecule has 0 amide bonds. The predicted octanol–water partition coefficient (Wildman–Crippen LogP) is 3.95. The van der Waals surface area contributed by atoms with Crippen LogP contribution < -0.4 is 5.73 Å². The Morgan fingerprint density at radius 2 is 2.05 bits per heavy atom. The molecule has 2 N–H and O–H groups in total. The van der Waals surface area contributed by atoms with E-state index in [-0.39, 0.29) is 22.9 Å². The molecule has 0 spiro atoms. The van der Waals surface area contributed by atoms with Crippen LogP contribution in [0.5, 0.6) is 0 Å². The zero-order valence-electron chi connectivity index (χ0n) is 13.4. The third-order valence-corrected chi connectivity index (χ3v) is 6.48. The van der Waals surface area contributed by atoms with Crippen molar-refractivity contribution in [2.24, 2.45) is 16.7 Å². The number of hydrogen-bond acceptors (Lipinski definition) is 3. The average molecular weight is 287 g/mol. The monoisotopic (exact) mass is 287 g/mol. The van der Waals surface area contributed by atoms with Crippen molar-refractivity contribution in [3.05, 3.63) is 29.3 Å². The van der Waals surface area contributed by atoms with Crippen LogP contribution in [0.4, 0.5) is 5.69 Å². The number of nitrogens with two attached hydrogens (primary N) is 1. The van der Waals surface area contributed by atoms with Gasteiger partial charge in [-0.2, -0.15) is 0 Å². The number of hydrogen-bond donors (Lipinski definition) is 1. The maximum absolute atomic E-state index is 12.4. The van der Waals surface area contributed by atoms with Gasteiger partial charge in [-0.1, -0.05) is 26.8 Å². The minimum atomic E-state index is -0.240. The van der Waals surface area contributed by atoms with E-state index >= 15 is 0 Å². The zero-order chi connectivity index (χ0) is 15.4. The van der Waals surface area contributed by atoms with Crippen LogP contribution in [0.2, 0.25) is 0 Å². The first-order valence-corrected chi connectivity index (χ1v) is 7.83. The molecule has 2 aliphatic rings. The molecule has 1 aromatic carbocycles. The highest BCUT2D eigenvalue weighted by molar-refractivity contribution is 5.90. The third-order valence-electron chi connectivity index (χ3n) is 6.48. The Morgan fingerprint density at radius 1 is 1.33 bits per heavy atom. The van der Waals surface area contributed by atoms with Crippen LogP contribution in [0.3, 0.4) is 0 Å². The summed E-state index contributed by atoms with van der Waals surface area (Å²) in [6.07, 6.45) is 3.44. The van der Waals surface area contributed by atoms with Crippen LogP contribution in [-0.4, -0.2) is 12.1 Å². The number of ether oxygens (including phenoxy) is 1. The second kappa shape index (κ2) is 4.49. The van der Waals surface area contributed by atoms with Crippen LogP contribution in [-0.2, 0) is 4.74 Å². The molecule has 3 unspecified atom stereocenters. The Kier molecular flexibility index (Phi) is 3.09. The first-order chi connectivity index (χ1) is 9.75. The summed E-state index contributed by atoms with van der Waals surface area (Å²) in [5.41, 5.74) is 8.43. The number of benzene rings is 1. The number of carbonyl (C=O) groups excluding carboxylic acids is 1. The number of anilines is 1. The van der Waals surface area contributed by atoms with Crippen molar-refractivity contribution < 1.29 is 9.53 Å². The van der Waals surface area contributed by atoms with E-state index in [0.29, 0.717) is 17.2 Å². The lowest BCUT2D eigenvalue weighted by Crippen LogP contribution is -2.38. The van der Waals surface area contributed by atoms with Gasteiger partial charge in [-0.3, -0.25) is 0 Å². The van der Waals surface area contributed by atoms with Gasteiger partial charge in [0.15, 0.2) is 0 Å². The molecule has 0 saturated heterocycles. The molecule has 2 saturated carbocycles. The van der Waals surface area contributed by atoms with Gasteiger partial charge in [0.1, 0.15) is 6.10 Å². The van der Waals surface area contributed by atoms with E-state index in [2.05, 4.69) is 20.8 Å². The largest absolute Gasteiger partial charge is 0.458 e. The lowest BCUT2D eigenvalue weighted by molar-refractivity contribution is -0.0242. The molecule has 0 aliphatic heterocycles. The van der Waals surface area contributed by atoms with E-state index in [1.807, 2.05) is 13.0 Å². The van der Waals surface area contributed by atoms with Gasteiger partial charge in [-0.15, -0.1) is 0 Å². The fourth-order valence-corrected chi connectivity index (χ4v) is 4.27. The normalized spacial score (nSPS) is 33.1. The van der Waals surface area contributed by atoms with Crippen LogP contribution in [0.25, 0.3) is 0 Å². The van der Waals surface area contributed by atoms with Gasteiger partial charge in [0.25, 0.3) is 0 Å². The van der Waals surface area contributed by atoms with Crippen molar-refractivity contribution >= 4 is 11.7 Å². The summed E-state index contributed by atoms with van der Waals surface area (Å²) < 4.78 is 5.87. The number of fused-ring (bicyclic) bond motifs is 2. The van der Waals surface area contributed by atoms with Crippen molar-refractivity contribution in [1.29, 1.82) is 0 Å². The minimum Gasteiger partial charge on any atom is -0.458 e. The molecule has 114 valence electrons. The predicted molar refractivity (Wildman–Crippen MR) is 84.0 cm³/mol. The Bertz CT molecular complexity index is 593. The topological polar surface area (TPSA) is 52.3 Å². The maximum Gasteiger partial charge on any atom is 0.338 e. The van der Waals surface area contributed by atoms with Gasteiger partial charge in [0, 0.05) is 11.1 Å². The fourth-order valence-electron chi connectivity index (χ4n) is 4.27. The molecular weight excluding hydrogens is 262 g/mol. The number of nitrogen functional groups attached to an aromatic ring is 1. The van der Waals surface area contributed by atoms with Crippen molar-refractivity contribution in [3.63, 3.8) is 0 Å². The van der Waals surface area contributed by atoms with Crippen LogP contribution in [0.15, 0.2) is 18.2 Å². The summed E-state index contributed by atoms with van der Waals surface area (Å²) in [5, 5.41) is 0. The van der Waals surface area contributed by atoms with E-state index in [1.165, 1.54) is 6.42 Å². The summed E-state index contributed by atoms with van der Waals surface area (Å²) >= 11 is 0. The molecule has 2 bridgehead atoms. The molecule has 0 aromatic heterocycles. The molecule has 0 heterocycles. The van der Waals surface area contributed by atoms with Crippen LogP contribution in [0.1, 0.15) is 56.0 Å². The molecule has 3 heteroatoms. The molecule has 2 aliphatic carbocycles. The molecule has 1 aromatic rings. The lowest BCUT2D eigenvalue weighted by Gasteiger charge is -2.38. The maximum atomic E-state index is 12.4. The Balaban J connectivity index is 1.79. The average Bonchev–Trinajstić information content (AvgIpc) is 2.75. The van der Waals surface area contributed by atoms with Gasteiger partial charge in [0.2, 0.25) is 0 Å². The van der Waals surface area contributed by atoms with Gasteiger partial charge >= 0.3 is 5.97 Å². The molecule has 2 fully saturated rings. The van der Waals surface area contributed by atoms with Crippen LogP contribution >= 0.6 is 0 Å². The Morgan fingerprint density at radius 3 is 2.57 bits per heavy atom. The number of aryl methyl sites for hydroxylation is 1. The summed E-state index contributed by atoms with van der Waals surface area (Å²) in [5.74, 6) is 0.430. The van der Waals surface area contributed by atoms with E-state index in [1.54, 1.807) is 12.1 Å². The SMILES string of the molecule is Cc1ccc(C(=O)OC2CC3CCC2(C)C3(C)C)cc1N. The molecule has 3 rings (SSSR count). The number of esters is 1. The number of carbonyl (C=O) groups is 1. The summed E-state index contributed by atoms with van der Waals surface area (Å²) in [4.78, 5) is 12.4. The van der Waals surface area contributed by atoms with Crippen molar-refractivity contribution in [2.45, 2.75) is 53.1 Å². The smallest absolute Gasteiger partial charge is 0.338 e. The quantitative estimate of drug-likeness (QED) is 0.662. The molecule has 3 nitrogen and oxygen atoms in total. The lowest BCUT2D eigenvalue weighted by atomic mass is 9.70. The van der Waals surface area contributed by atoms with E-state index < -0.39 is 0 Å². The first kappa shape index (κ1) is 14.4. The van der Waals surface area contributed by atoms with Crippen LogP contribution in [0, 0.1) is 23.7 Å². The summed E-state index contributed by atoms with van der Waals surface area (Å²) in [6.45, 7) is 8.86. The van der Waals surface area contributed by atoms with Crippen molar-refractivity contribution in [2.75, 3.05) is 5.73 Å². The minimum absolute atomic E-state index is 0.0290. The van der Waals surface area contributed by atoms with Gasteiger partial charge in [0.05, 0.1) is 5.56 Å². The second-order valence-corrected chi connectivity index (χ2v) is 7.58. The Labute approximate surface area is 126 Å². The number of rotatable bonds is 2. The van der Waals surface area contributed by atoms with E-state index in [9.17, 15) is 4.79 Å². The summed E-state index contributed by atoms with van der Waals surface area (Å²) in [7, 11) is 0. The molecular formula is C18H25NO2. The molecule has 21 heavy (non-hydrogen) atoms. The van der Waals surface area contributed by atoms with Crippen molar-refractivity contribution in [3.8, 4) is 0 Å². The van der Waals surface area contributed by atoms with Gasteiger partial charge < -0.3 is 10.5 Å². The highest BCUT2D eigenvalue weighted by Gasteiger charge is 2.62. The third kappa shape index (κ3) is 1.97. The molecule has 0 radical (unpaired) electrons. The molecule has 3 atom stereocenters. The highest BCUT2D eigenvalue weighted by Crippen LogP contribution is 2.66. The van der Waals surface area contributed by atoms with Crippen molar-refractivity contribution in [1.82, 2.24) is 0 Å². The van der Waals surface area contributed by atoms with E-state index in [4.69, 9.17) is 10.5 Å². The second-order valence-electron chi connectivity index (χ2n) is 7.58. The standard InChI is InChI=1S/C18H25NO2/c1-11-5-6-12(9-14(11)19)16(20)21-15-10-13-7-8-18(15,4)17(13,2)3/h5-6,9,13,15H,7-8,10,19H2,1-4H3. The van der Waals surface area contributed by atoms with Gasteiger partial charge in [-0.25, -0.2) is 4.79 Å².